The third-order valence-electron chi connectivity index (χ3n) is 4.44. The van der Waals surface area contributed by atoms with Gasteiger partial charge >= 0.3 is 0 Å². The Morgan fingerprint density at radius 2 is 2.15 bits per heavy atom. The van der Waals surface area contributed by atoms with Crippen molar-refractivity contribution in [2.75, 3.05) is 13.1 Å². The van der Waals surface area contributed by atoms with E-state index in [0.717, 1.165) is 11.3 Å². The Morgan fingerprint density at radius 3 is 2.85 bits per heavy atom. The van der Waals surface area contributed by atoms with E-state index in [2.05, 4.69) is 15.1 Å². The summed E-state index contributed by atoms with van der Waals surface area (Å²) in [6.07, 6.45) is 3.42. The van der Waals surface area contributed by atoms with Crippen LogP contribution in [0.2, 0.25) is 0 Å². The van der Waals surface area contributed by atoms with Crippen molar-refractivity contribution >= 4 is 17.2 Å². The number of hydrogen-bond donors (Lipinski definition) is 0. The number of aryl methyl sites for hydroxylation is 1. The first-order valence-corrected chi connectivity index (χ1v) is 9.17. The van der Waals surface area contributed by atoms with Crippen LogP contribution < -0.4 is 5.56 Å². The predicted molar refractivity (Wildman–Crippen MR) is 98.0 cm³/mol. The molecule has 1 aliphatic heterocycles. The summed E-state index contributed by atoms with van der Waals surface area (Å²) in [7, 11) is 0. The lowest BCUT2D eigenvalue weighted by molar-refractivity contribution is 0.0462. The number of carbonyl (C=O) groups is 1. The predicted octanol–water partition coefficient (Wildman–Crippen LogP) is 1.84. The van der Waals surface area contributed by atoms with Gasteiger partial charge in [0.05, 0.1) is 23.4 Å². The zero-order valence-corrected chi connectivity index (χ0v) is 15.0. The van der Waals surface area contributed by atoms with Gasteiger partial charge in [-0.05, 0) is 25.1 Å². The Kier molecular flexibility index (Phi) is 4.34. The second kappa shape index (κ2) is 6.80. The zero-order chi connectivity index (χ0) is 18.1. The number of hydrogen-bond acceptors (Lipinski definition) is 6. The standard InChI is InChI=1S/C18H17N5O2S/c1-12-17(26-11-20-12)18(25)22-8-13(9-22)10-23-16(24)5-4-15(21-23)14-3-2-6-19-7-14/h2-7,11,13H,8-10H2,1H3. The first-order chi connectivity index (χ1) is 12.6. The van der Waals surface area contributed by atoms with E-state index in [4.69, 9.17) is 0 Å². The van der Waals surface area contributed by atoms with E-state index in [-0.39, 0.29) is 17.4 Å². The molecule has 0 unspecified atom stereocenters. The van der Waals surface area contributed by atoms with Gasteiger partial charge in [0, 0.05) is 43.0 Å². The van der Waals surface area contributed by atoms with E-state index in [9.17, 15) is 9.59 Å². The summed E-state index contributed by atoms with van der Waals surface area (Å²) in [5.74, 6) is 0.243. The zero-order valence-electron chi connectivity index (χ0n) is 14.2. The number of aromatic nitrogens is 4. The summed E-state index contributed by atoms with van der Waals surface area (Å²) in [5, 5.41) is 4.45. The second-order valence-corrected chi connectivity index (χ2v) is 7.18. The largest absolute Gasteiger partial charge is 0.337 e. The maximum absolute atomic E-state index is 12.4. The Hall–Kier alpha value is -2.87. The lowest BCUT2D eigenvalue weighted by atomic mass is 10.00. The highest BCUT2D eigenvalue weighted by Crippen LogP contribution is 2.23. The first-order valence-electron chi connectivity index (χ1n) is 8.30. The number of amides is 1. The molecule has 7 nitrogen and oxygen atoms in total. The van der Waals surface area contributed by atoms with Crippen LogP contribution in [0.5, 0.6) is 0 Å². The molecule has 0 atom stereocenters. The molecule has 3 aromatic rings. The maximum Gasteiger partial charge on any atom is 0.266 e. The van der Waals surface area contributed by atoms with Crippen molar-refractivity contribution in [2.45, 2.75) is 13.5 Å². The molecule has 132 valence electrons. The topological polar surface area (TPSA) is 81.0 Å². The number of rotatable bonds is 4. The molecule has 0 radical (unpaired) electrons. The fraction of sp³-hybridized carbons (Fsp3) is 0.278. The molecule has 1 fully saturated rings. The molecule has 0 N–H and O–H groups in total. The average molecular weight is 367 g/mol. The van der Waals surface area contributed by atoms with Gasteiger partial charge in [-0.15, -0.1) is 11.3 Å². The second-order valence-electron chi connectivity index (χ2n) is 6.32. The molecule has 0 aromatic carbocycles. The van der Waals surface area contributed by atoms with E-state index >= 15 is 0 Å². The number of pyridine rings is 1. The third kappa shape index (κ3) is 3.15. The van der Waals surface area contributed by atoms with Crippen molar-refractivity contribution in [3.63, 3.8) is 0 Å². The normalized spacial score (nSPS) is 14.3. The quantitative estimate of drug-likeness (QED) is 0.703. The molecule has 0 saturated carbocycles. The van der Waals surface area contributed by atoms with Gasteiger partial charge in [0.1, 0.15) is 4.88 Å². The molecule has 0 spiro atoms. The molecule has 0 aliphatic carbocycles. The SMILES string of the molecule is Cc1ncsc1C(=O)N1CC(Cn2nc(-c3cccnc3)ccc2=O)C1. The van der Waals surface area contributed by atoms with Gasteiger partial charge in [-0.2, -0.15) is 5.10 Å². The minimum Gasteiger partial charge on any atom is -0.337 e. The Balaban J connectivity index is 1.44. The van der Waals surface area contributed by atoms with Crippen LogP contribution in [0, 0.1) is 12.8 Å². The van der Waals surface area contributed by atoms with Crippen molar-refractivity contribution in [1.29, 1.82) is 0 Å². The fourth-order valence-electron chi connectivity index (χ4n) is 2.99. The van der Waals surface area contributed by atoms with Gasteiger partial charge in [0.2, 0.25) is 0 Å². The van der Waals surface area contributed by atoms with Crippen LogP contribution in [0.15, 0.2) is 47.0 Å². The number of carbonyl (C=O) groups excluding carboxylic acids is 1. The van der Waals surface area contributed by atoms with Gasteiger partial charge in [0.25, 0.3) is 11.5 Å². The molecule has 4 heterocycles. The van der Waals surface area contributed by atoms with Crippen LogP contribution in [0.25, 0.3) is 11.3 Å². The van der Waals surface area contributed by atoms with Crippen LogP contribution in [0.1, 0.15) is 15.4 Å². The highest BCUT2D eigenvalue weighted by Gasteiger charge is 2.33. The van der Waals surface area contributed by atoms with Crippen LogP contribution in [-0.4, -0.2) is 43.6 Å². The smallest absolute Gasteiger partial charge is 0.266 e. The number of likely N-dealkylation sites (tertiary alicyclic amines) is 1. The Morgan fingerprint density at radius 1 is 1.31 bits per heavy atom. The van der Waals surface area contributed by atoms with Gasteiger partial charge in [-0.3, -0.25) is 14.6 Å². The van der Waals surface area contributed by atoms with Crippen molar-refractivity contribution < 1.29 is 4.79 Å². The Bertz CT molecular complexity index is 992. The van der Waals surface area contributed by atoms with E-state index in [1.165, 1.54) is 22.1 Å². The van der Waals surface area contributed by atoms with E-state index in [1.54, 1.807) is 28.9 Å². The van der Waals surface area contributed by atoms with Crippen LogP contribution >= 0.6 is 11.3 Å². The number of nitrogens with zero attached hydrogens (tertiary/aromatic N) is 5. The van der Waals surface area contributed by atoms with Crippen LogP contribution in [0.4, 0.5) is 0 Å². The lowest BCUT2D eigenvalue weighted by Crippen LogP contribution is -2.52. The molecule has 3 aromatic heterocycles. The van der Waals surface area contributed by atoms with Gasteiger partial charge in [0.15, 0.2) is 0 Å². The van der Waals surface area contributed by atoms with E-state index < -0.39 is 0 Å². The molecule has 0 bridgehead atoms. The summed E-state index contributed by atoms with van der Waals surface area (Å²) in [6, 6.07) is 6.98. The monoisotopic (exact) mass is 367 g/mol. The van der Waals surface area contributed by atoms with Crippen LogP contribution in [0.3, 0.4) is 0 Å². The third-order valence-corrected chi connectivity index (χ3v) is 5.36. The number of thiazole rings is 1. The van der Waals surface area contributed by atoms with Crippen LogP contribution in [-0.2, 0) is 6.54 Å². The van der Waals surface area contributed by atoms with Crippen molar-refractivity contribution in [1.82, 2.24) is 24.6 Å². The van der Waals surface area contributed by atoms with Crippen molar-refractivity contribution in [3.05, 3.63) is 63.1 Å². The molecule has 1 amide bonds. The molecule has 4 rings (SSSR count). The van der Waals surface area contributed by atoms with Gasteiger partial charge < -0.3 is 4.90 Å². The molecular formula is C18H17N5O2S. The van der Waals surface area contributed by atoms with Crippen molar-refractivity contribution in [2.24, 2.45) is 5.92 Å². The first kappa shape index (κ1) is 16.6. The Labute approximate surface area is 154 Å². The molecular weight excluding hydrogens is 350 g/mol. The average Bonchev–Trinajstić information content (AvgIpc) is 3.05. The van der Waals surface area contributed by atoms with Crippen molar-refractivity contribution in [3.8, 4) is 11.3 Å². The highest BCUT2D eigenvalue weighted by atomic mass is 32.1. The summed E-state index contributed by atoms with van der Waals surface area (Å²) in [6.45, 7) is 3.59. The molecule has 26 heavy (non-hydrogen) atoms. The molecule has 1 saturated heterocycles. The van der Waals surface area contributed by atoms with E-state index in [0.29, 0.717) is 30.2 Å². The lowest BCUT2D eigenvalue weighted by Gasteiger charge is -2.39. The maximum atomic E-state index is 12.4. The summed E-state index contributed by atoms with van der Waals surface area (Å²) in [4.78, 5) is 35.2. The summed E-state index contributed by atoms with van der Waals surface area (Å²) < 4.78 is 1.48. The fourth-order valence-corrected chi connectivity index (χ4v) is 3.76. The minimum atomic E-state index is -0.138. The summed E-state index contributed by atoms with van der Waals surface area (Å²) >= 11 is 1.37. The van der Waals surface area contributed by atoms with Gasteiger partial charge in [-0.25, -0.2) is 9.67 Å². The molecule has 1 aliphatic rings. The minimum absolute atomic E-state index is 0.0191. The van der Waals surface area contributed by atoms with E-state index in [1.807, 2.05) is 19.1 Å². The highest BCUT2D eigenvalue weighted by molar-refractivity contribution is 7.11. The van der Waals surface area contributed by atoms with Gasteiger partial charge in [-0.1, -0.05) is 0 Å². The summed E-state index contributed by atoms with van der Waals surface area (Å²) in [5.41, 5.74) is 3.90. The molecule has 8 heteroatoms.